The molecule has 0 amide bonds. The Bertz CT molecular complexity index is 967. The van der Waals surface area contributed by atoms with Gasteiger partial charge in [0.05, 0.1) is 5.69 Å². The van der Waals surface area contributed by atoms with Crippen LogP contribution in [-0.2, 0) is 0 Å². The Morgan fingerprint density at radius 3 is 2.77 bits per heavy atom. The molecule has 3 aliphatic rings. The van der Waals surface area contributed by atoms with Gasteiger partial charge in [-0.1, -0.05) is 15.9 Å². The van der Waals surface area contributed by atoms with Crippen molar-refractivity contribution in [3.8, 4) is 0 Å². The number of fused-ring (bicyclic) bond motifs is 3. The van der Waals surface area contributed by atoms with Gasteiger partial charge in [-0.05, 0) is 86.5 Å². The van der Waals surface area contributed by atoms with E-state index in [0.29, 0.717) is 23.9 Å². The molecule has 0 saturated carbocycles. The zero-order valence-corrected chi connectivity index (χ0v) is 20.1. The number of likely N-dealkylation sites (tertiary alicyclic amines) is 1. The summed E-state index contributed by atoms with van der Waals surface area (Å²) >= 11 is 5.76. The Kier molecular flexibility index (Phi) is 6.40. The van der Waals surface area contributed by atoms with Crippen LogP contribution in [0.5, 0.6) is 0 Å². The SMILES string of the molecule is O=C(CCCN1CCC2c3cc(Br)cc4c3N(CCCS4)C2CC1)c1ccc(F)cc1. The minimum absolute atomic E-state index is 0.111. The first-order chi connectivity index (χ1) is 15.1. The summed E-state index contributed by atoms with van der Waals surface area (Å²) < 4.78 is 14.3. The standard InChI is InChI=1S/C25H28BrFN2OS/c26-18-15-21-20-8-12-28(10-1-3-23(30)17-4-6-19(27)7-5-17)13-9-22(20)29-11-2-14-31-24(16-18)25(21)29/h4-7,15-16,20,22H,1-3,8-14H2. The molecule has 0 aliphatic carbocycles. The molecule has 1 fully saturated rings. The number of anilines is 1. The first-order valence-corrected chi connectivity index (χ1v) is 13.1. The van der Waals surface area contributed by atoms with Gasteiger partial charge in [-0.25, -0.2) is 4.39 Å². The van der Waals surface area contributed by atoms with Gasteiger partial charge in [-0.15, -0.1) is 11.8 Å². The molecular weight excluding hydrogens is 475 g/mol. The van der Waals surface area contributed by atoms with Crippen LogP contribution in [-0.4, -0.2) is 48.7 Å². The number of ketones is 1. The molecule has 0 N–H and O–H groups in total. The topological polar surface area (TPSA) is 23.6 Å². The number of nitrogens with zero attached hydrogens (tertiary/aromatic N) is 2. The maximum absolute atomic E-state index is 13.1. The number of carbonyl (C=O) groups excluding carboxylic acids is 1. The lowest BCUT2D eigenvalue weighted by Crippen LogP contribution is -2.35. The van der Waals surface area contributed by atoms with E-state index in [2.05, 4.69) is 37.9 Å². The van der Waals surface area contributed by atoms with E-state index in [-0.39, 0.29) is 11.6 Å². The normalized spacial score (nSPS) is 23.1. The van der Waals surface area contributed by atoms with Crippen LogP contribution in [0.1, 0.15) is 53.9 Å². The molecule has 5 rings (SSSR count). The summed E-state index contributed by atoms with van der Waals surface area (Å²) in [6.07, 6.45) is 5.00. The molecule has 0 aromatic heterocycles. The van der Waals surface area contributed by atoms with Crippen molar-refractivity contribution in [2.45, 2.75) is 49.0 Å². The molecule has 31 heavy (non-hydrogen) atoms. The summed E-state index contributed by atoms with van der Waals surface area (Å²) in [5.41, 5.74) is 3.67. The zero-order valence-electron chi connectivity index (χ0n) is 17.7. The third kappa shape index (κ3) is 4.44. The summed E-state index contributed by atoms with van der Waals surface area (Å²) in [5, 5.41) is 0. The number of rotatable bonds is 5. The van der Waals surface area contributed by atoms with Crippen molar-refractivity contribution < 1.29 is 9.18 Å². The predicted molar refractivity (Wildman–Crippen MR) is 129 cm³/mol. The summed E-state index contributed by atoms with van der Waals surface area (Å²) in [6.45, 7) is 4.31. The number of hydrogen-bond donors (Lipinski definition) is 0. The molecule has 0 spiro atoms. The average Bonchev–Trinajstić information content (AvgIpc) is 2.92. The van der Waals surface area contributed by atoms with E-state index < -0.39 is 0 Å². The minimum Gasteiger partial charge on any atom is -0.367 e. The quantitative estimate of drug-likeness (QED) is 0.459. The lowest BCUT2D eigenvalue weighted by molar-refractivity contribution is 0.0975. The molecule has 0 bridgehead atoms. The second-order valence-corrected chi connectivity index (χ2v) is 10.9. The van der Waals surface area contributed by atoms with Crippen molar-refractivity contribution in [2.24, 2.45) is 0 Å². The molecule has 164 valence electrons. The third-order valence-electron chi connectivity index (χ3n) is 6.96. The number of thioether (sulfide) groups is 1. The van der Waals surface area contributed by atoms with Gasteiger partial charge < -0.3 is 9.80 Å². The number of Topliss-reactive ketones (excluding diaryl/α,β-unsaturated/α-hetero) is 1. The van der Waals surface area contributed by atoms with Crippen molar-refractivity contribution >= 4 is 39.2 Å². The second kappa shape index (κ2) is 9.24. The van der Waals surface area contributed by atoms with Crippen molar-refractivity contribution in [3.05, 3.63) is 57.8 Å². The Labute approximate surface area is 196 Å². The largest absolute Gasteiger partial charge is 0.367 e. The van der Waals surface area contributed by atoms with Crippen molar-refractivity contribution in [1.29, 1.82) is 0 Å². The smallest absolute Gasteiger partial charge is 0.162 e. The van der Waals surface area contributed by atoms with Crippen LogP contribution in [0.25, 0.3) is 0 Å². The van der Waals surface area contributed by atoms with Gasteiger partial charge >= 0.3 is 0 Å². The molecule has 2 atom stereocenters. The Morgan fingerprint density at radius 1 is 1.13 bits per heavy atom. The lowest BCUT2D eigenvalue weighted by Gasteiger charge is -2.29. The van der Waals surface area contributed by atoms with Gasteiger partial charge in [0.2, 0.25) is 0 Å². The zero-order chi connectivity index (χ0) is 21.4. The fourth-order valence-electron chi connectivity index (χ4n) is 5.50. The number of halogens is 2. The van der Waals surface area contributed by atoms with E-state index in [1.54, 1.807) is 12.1 Å². The molecule has 0 radical (unpaired) electrons. The van der Waals surface area contributed by atoms with Crippen molar-refractivity contribution in [2.75, 3.05) is 36.8 Å². The van der Waals surface area contributed by atoms with Gasteiger partial charge in [-0.2, -0.15) is 0 Å². The van der Waals surface area contributed by atoms with Crippen LogP contribution >= 0.6 is 27.7 Å². The van der Waals surface area contributed by atoms with E-state index in [0.717, 1.165) is 26.1 Å². The van der Waals surface area contributed by atoms with E-state index in [1.165, 1.54) is 64.3 Å². The van der Waals surface area contributed by atoms with Crippen molar-refractivity contribution in [3.63, 3.8) is 0 Å². The highest BCUT2D eigenvalue weighted by molar-refractivity contribution is 9.10. The number of benzene rings is 2. The molecule has 3 heterocycles. The van der Waals surface area contributed by atoms with Gasteiger partial charge in [0.1, 0.15) is 5.82 Å². The fraction of sp³-hybridized carbons (Fsp3) is 0.480. The van der Waals surface area contributed by atoms with Crippen LogP contribution in [0.4, 0.5) is 10.1 Å². The molecule has 6 heteroatoms. The Morgan fingerprint density at radius 2 is 1.94 bits per heavy atom. The summed E-state index contributed by atoms with van der Waals surface area (Å²) in [4.78, 5) is 19.1. The number of carbonyl (C=O) groups is 1. The highest BCUT2D eigenvalue weighted by atomic mass is 79.9. The molecule has 3 nitrogen and oxygen atoms in total. The summed E-state index contributed by atoms with van der Waals surface area (Å²) in [5.74, 6) is 1.62. The first-order valence-electron chi connectivity index (χ1n) is 11.3. The van der Waals surface area contributed by atoms with Gasteiger partial charge in [0.25, 0.3) is 0 Å². The van der Waals surface area contributed by atoms with Crippen LogP contribution in [0, 0.1) is 5.82 Å². The minimum atomic E-state index is -0.296. The van der Waals surface area contributed by atoms with E-state index in [4.69, 9.17) is 0 Å². The highest BCUT2D eigenvalue weighted by Crippen LogP contribution is 2.51. The van der Waals surface area contributed by atoms with Crippen LogP contribution < -0.4 is 4.90 Å². The van der Waals surface area contributed by atoms with E-state index >= 15 is 0 Å². The van der Waals surface area contributed by atoms with Gasteiger partial charge in [0.15, 0.2) is 5.78 Å². The monoisotopic (exact) mass is 502 g/mol. The van der Waals surface area contributed by atoms with Crippen LogP contribution in [0.15, 0.2) is 45.8 Å². The third-order valence-corrected chi connectivity index (χ3v) is 8.54. The maximum atomic E-state index is 13.1. The molecule has 2 aromatic carbocycles. The van der Waals surface area contributed by atoms with Gasteiger partial charge in [-0.3, -0.25) is 4.79 Å². The van der Waals surface area contributed by atoms with Crippen LogP contribution in [0.3, 0.4) is 0 Å². The predicted octanol–water partition coefficient (Wildman–Crippen LogP) is 6.12. The molecule has 2 aromatic rings. The summed E-state index contributed by atoms with van der Waals surface area (Å²) in [7, 11) is 0. The fourth-order valence-corrected chi connectivity index (χ4v) is 7.20. The van der Waals surface area contributed by atoms with E-state index in [9.17, 15) is 9.18 Å². The second-order valence-electron chi connectivity index (χ2n) is 8.86. The first kappa shape index (κ1) is 21.5. The molecule has 1 saturated heterocycles. The molecule has 3 aliphatic heterocycles. The highest BCUT2D eigenvalue weighted by Gasteiger charge is 2.41. The maximum Gasteiger partial charge on any atom is 0.162 e. The Hall–Kier alpha value is -1.37. The average molecular weight is 503 g/mol. The van der Waals surface area contributed by atoms with Gasteiger partial charge in [0, 0.05) is 46.4 Å². The lowest BCUT2D eigenvalue weighted by atomic mass is 9.91. The molecule has 2 unspecified atom stereocenters. The van der Waals surface area contributed by atoms with Crippen LogP contribution in [0.2, 0.25) is 0 Å². The van der Waals surface area contributed by atoms with Crippen molar-refractivity contribution in [1.82, 2.24) is 4.90 Å². The Balaban J connectivity index is 1.22. The molecular formula is C25H28BrFN2OS. The summed E-state index contributed by atoms with van der Waals surface area (Å²) in [6, 6.07) is 11.2. The van der Waals surface area contributed by atoms with E-state index in [1.807, 2.05) is 11.8 Å². The number of hydrogen-bond acceptors (Lipinski definition) is 4.